The van der Waals surface area contributed by atoms with Crippen molar-refractivity contribution in [3.05, 3.63) is 23.7 Å². The Morgan fingerprint density at radius 3 is 2.92 bits per heavy atom. The number of furan rings is 1. The smallest absolute Gasteiger partial charge is 0.166 e. The summed E-state index contributed by atoms with van der Waals surface area (Å²) in [6.45, 7) is 4.32. The predicted octanol–water partition coefficient (Wildman–Crippen LogP) is 2.68. The highest BCUT2D eigenvalue weighted by Gasteiger charge is 2.28. The fraction of sp³-hybridized carbons (Fsp3) is 0.545. The summed E-state index contributed by atoms with van der Waals surface area (Å²) in [5.41, 5.74) is 0.803. The zero-order valence-electron chi connectivity index (χ0n) is 8.04. The van der Waals surface area contributed by atoms with Gasteiger partial charge in [0, 0.05) is 12.8 Å². The minimum absolute atomic E-state index is 0.244. The van der Waals surface area contributed by atoms with E-state index < -0.39 is 0 Å². The number of carbonyl (C=O) groups excluding carboxylic acids is 1. The van der Waals surface area contributed by atoms with Gasteiger partial charge in [0.1, 0.15) is 5.76 Å². The standard InChI is InChI=1S/C11H14O2/c1-7(2)8-5-10(12)9-3-4-13-11(9)6-8/h3-4,7-8H,5-6H2,1-2H3. The minimum atomic E-state index is 0.244. The van der Waals surface area contributed by atoms with Gasteiger partial charge in [0.15, 0.2) is 5.78 Å². The highest BCUT2D eigenvalue weighted by molar-refractivity contribution is 5.98. The molecule has 2 nitrogen and oxygen atoms in total. The van der Waals surface area contributed by atoms with Gasteiger partial charge in [-0.3, -0.25) is 4.79 Å². The molecule has 1 heterocycles. The third-order valence-electron chi connectivity index (χ3n) is 2.88. The molecule has 1 aromatic rings. The zero-order chi connectivity index (χ0) is 9.42. The molecular formula is C11H14O2. The van der Waals surface area contributed by atoms with Crippen LogP contribution in [0.25, 0.3) is 0 Å². The third kappa shape index (κ3) is 1.41. The van der Waals surface area contributed by atoms with Gasteiger partial charge in [0.25, 0.3) is 0 Å². The first-order chi connectivity index (χ1) is 6.18. The van der Waals surface area contributed by atoms with E-state index in [0.717, 1.165) is 17.7 Å². The van der Waals surface area contributed by atoms with Gasteiger partial charge in [-0.1, -0.05) is 13.8 Å². The summed E-state index contributed by atoms with van der Waals surface area (Å²) in [4.78, 5) is 11.6. The minimum Gasteiger partial charge on any atom is -0.469 e. The average molecular weight is 178 g/mol. The Morgan fingerprint density at radius 1 is 1.46 bits per heavy atom. The number of hydrogen-bond donors (Lipinski definition) is 0. The third-order valence-corrected chi connectivity index (χ3v) is 2.88. The van der Waals surface area contributed by atoms with E-state index in [1.165, 1.54) is 0 Å². The van der Waals surface area contributed by atoms with E-state index in [1.54, 1.807) is 12.3 Å². The number of Topliss-reactive ketones (excluding diaryl/α,β-unsaturated/α-hetero) is 1. The number of fused-ring (bicyclic) bond motifs is 1. The van der Waals surface area contributed by atoms with Gasteiger partial charge in [-0.15, -0.1) is 0 Å². The van der Waals surface area contributed by atoms with Crippen molar-refractivity contribution < 1.29 is 9.21 Å². The van der Waals surface area contributed by atoms with Crippen molar-refractivity contribution in [1.29, 1.82) is 0 Å². The van der Waals surface area contributed by atoms with Crippen LogP contribution in [0.3, 0.4) is 0 Å². The monoisotopic (exact) mass is 178 g/mol. The van der Waals surface area contributed by atoms with Crippen LogP contribution in [0.2, 0.25) is 0 Å². The van der Waals surface area contributed by atoms with Crippen molar-refractivity contribution in [2.45, 2.75) is 26.7 Å². The SMILES string of the molecule is CC(C)C1CC(=O)c2ccoc2C1. The number of rotatable bonds is 1. The molecule has 1 aliphatic rings. The van der Waals surface area contributed by atoms with Crippen LogP contribution in [0.4, 0.5) is 0 Å². The molecule has 0 bridgehead atoms. The van der Waals surface area contributed by atoms with Crippen molar-refractivity contribution in [3.8, 4) is 0 Å². The Balaban J connectivity index is 2.29. The van der Waals surface area contributed by atoms with Crippen LogP contribution in [0.1, 0.15) is 36.4 Å². The molecule has 0 aliphatic heterocycles. The van der Waals surface area contributed by atoms with Gasteiger partial charge < -0.3 is 4.42 Å². The maximum absolute atomic E-state index is 11.6. The van der Waals surface area contributed by atoms with E-state index >= 15 is 0 Å². The largest absolute Gasteiger partial charge is 0.469 e. The summed E-state index contributed by atoms with van der Waals surface area (Å²) < 4.78 is 5.29. The molecule has 1 unspecified atom stereocenters. The summed E-state index contributed by atoms with van der Waals surface area (Å²) >= 11 is 0. The lowest BCUT2D eigenvalue weighted by Crippen LogP contribution is -2.22. The summed E-state index contributed by atoms with van der Waals surface area (Å²) in [5, 5.41) is 0. The molecule has 2 rings (SSSR count). The first-order valence-corrected chi connectivity index (χ1v) is 4.78. The zero-order valence-corrected chi connectivity index (χ0v) is 8.04. The highest BCUT2D eigenvalue weighted by atomic mass is 16.3. The van der Waals surface area contributed by atoms with E-state index in [-0.39, 0.29) is 5.78 Å². The lowest BCUT2D eigenvalue weighted by Gasteiger charge is -2.23. The highest BCUT2D eigenvalue weighted by Crippen LogP contribution is 2.30. The van der Waals surface area contributed by atoms with E-state index in [9.17, 15) is 4.79 Å². The maximum atomic E-state index is 11.6. The molecule has 0 aromatic carbocycles. The fourth-order valence-corrected chi connectivity index (χ4v) is 1.88. The average Bonchev–Trinajstić information content (AvgIpc) is 2.51. The molecule has 0 N–H and O–H groups in total. The molecule has 1 aromatic heterocycles. The summed E-state index contributed by atoms with van der Waals surface area (Å²) in [7, 11) is 0. The number of carbonyl (C=O) groups is 1. The van der Waals surface area contributed by atoms with Crippen molar-refractivity contribution >= 4 is 5.78 Å². The van der Waals surface area contributed by atoms with Crippen LogP contribution in [0.5, 0.6) is 0 Å². The molecule has 70 valence electrons. The van der Waals surface area contributed by atoms with E-state index in [0.29, 0.717) is 18.3 Å². The topological polar surface area (TPSA) is 30.2 Å². The van der Waals surface area contributed by atoms with Crippen LogP contribution in [0, 0.1) is 11.8 Å². The lowest BCUT2D eigenvalue weighted by molar-refractivity contribution is 0.0927. The van der Waals surface area contributed by atoms with Crippen molar-refractivity contribution in [2.24, 2.45) is 11.8 Å². The maximum Gasteiger partial charge on any atom is 0.166 e. The molecule has 0 radical (unpaired) electrons. The first kappa shape index (κ1) is 8.54. The molecule has 0 saturated carbocycles. The summed E-state index contributed by atoms with van der Waals surface area (Å²) in [6.07, 6.45) is 3.22. The molecule has 0 amide bonds. The van der Waals surface area contributed by atoms with Gasteiger partial charge in [-0.05, 0) is 17.9 Å². The Morgan fingerprint density at radius 2 is 2.23 bits per heavy atom. The van der Waals surface area contributed by atoms with Crippen LogP contribution in [-0.2, 0) is 6.42 Å². The van der Waals surface area contributed by atoms with Gasteiger partial charge >= 0.3 is 0 Å². The van der Waals surface area contributed by atoms with E-state index in [2.05, 4.69) is 13.8 Å². The fourth-order valence-electron chi connectivity index (χ4n) is 1.88. The van der Waals surface area contributed by atoms with Gasteiger partial charge in [-0.2, -0.15) is 0 Å². The summed E-state index contributed by atoms with van der Waals surface area (Å²) in [6, 6.07) is 1.79. The Labute approximate surface area is 77.9 Å². The van der Waals surface area contributed by atoms with Gasteiger partial charge in [0.05, 0.1) is 11.8 Å². The van der Waals surface area contributed by atoms with Crippen LogP contribution in [0.15, 0.2) is 16.7 Å². The second kappa shape index (κ2) is 3.02. The van der Waals surface area contributed by atoms with Crippen LogP contribution >= 0.6 is 0 Å². The molecule has 1 atom stereocenters. The Hall–Kier alpha value is -1.05. The predicted molar refractivity (Wildman–Crippen MR) is 49.7 cm³/mol. The first-order valence-electron chi connectivity index (χ1n) is 4.78. The quantitative estimate of drug-likeness (QED) is 0.661. The second-order valence-corrected chi connectivity index (χ2v) is 4.09. The van der Waals surface area contributed by atoms with Gasteiger partial charge in [-0.25, -0.2) is 0 Å². The van der Waals surface area contributed by atoms with E-state index in [4.69, 9.17) is 4.42 Å². The molecule has 0 spiro atoms. The van der Waals surface area contributed by atoms with Crippen molar-refractivity contribution in [3.63, 3.8) is 0 Å². The molecule has 1 aliphatic carbocycles. The molecule has 13 heavy (non-hydrogen) atoms. The molecule has 0 fully saturated rings. The lowest BCUT2D eigenvalue weighted by atomic mass is 9.81. The van der Waals surface area contributed by atoms with Crippen molar-refractivity contribution in [2.75, 3.05) is 0 Å². The van der Waals surface area contributed by atoms with E-state index in [1.807, 2.05) is 0 Å². The van der Waals surface area contributed by atoms with Crippen LogP contribution in [-0.4, -0.2) is 5.78 Å². The normalized spacial score (nSPS) is 22.1. The molecular weight excluding hydrogens is 164 g/mol. The number of hydrogen-bond acceptors (Lipinski definition) is 2. The van der Waals surface area contributed by atoms with Crippen LogP contribution < -0.4 is 0 Å². The summed E-state index contributed by atoms with van der Waals surface area (Å²) in [5.74, 6) is 2.15. The second-order valence-electron chi connectivity index (χ2n) is 4.09. The Kier molecular flexibility index (Phi) is 1.98. The molecule has 2 heteroatoms. The Bertz CT molecular complexity index is 323. The number of ketones is 1. The van der Waals surface area contributed by atoms with Crippen molar-refractivity contribution in [1.82, 2.24) is 0 Å². The molecule has 0 saturated heterocycles. The van der Waals surface area contributed by atoms with Gasteiger partial charge in [0.2, 0.25) is 0 Å².